The van der Waals surface area contributed by atoms with Crippen molar-refractivity contribution in [3.05, 3.63) is 108 Å². The molecular formula is C28H22F2Zr. The zero-order valence-corrected chi connectivity index (χ0v) is 20.0. The fourth-order valence-electron chi connectivity index (χ4n) is 4.23. The predicted molar refractivity (Wildman–Crippen MR) is 124 cm³/mol. The van der Waals surface area contributed by atoms with Gasteiger partial charge in [-0.15, -0.1) is 56.9 Å². The van der Waals surface area contributed by atoms with Crippen LogP contribution in [0.25, 0.3) is 43.1 Å². The zero-order chi connectivity index (χ0) is 19.1. The molecule has 0 bridgehead atoms. The second kappa shape index (κ2) is 10.1. The third-order valence-corrected chi connectivity index (χ3v) is 5.52. The van der Waals surface area contributed by atoms with E-state index in [1.807, 2.05) is 0 Å². The summed E-state index contributed by atoms with van der Waals surface area (Å²) in [6.07, 6.45) is 0. The smallest absolute Gasteiger partial charge is 1.00 e. The van der Waals surface area contributed by atoms with E-state index < -0.39 is 0 Å². The van der Waals surface area contributed by atoms with E-state index in [1.54, 1.807) is 0 Å². The topological polar surface area (TPSA) is 0 Å². The molecule has 0 fully saturated rings. The molecule has 0 radical (unpaired) electrons. The quantitative estimate of drug-likeness (QED) is 0.288. The van der Waals surface area contributed by atoms with Gasteiger partial charge in [0.1, 0.15) is 0 Å². The fraction of sp³-hybridized carbons (Fsp3) is 0.0714. The first-order valence-electron chi connectivity index (χ1n) is 9.79. The number of aryl methyl sites for hydroxylation is 2. The van der Waals surface area contributed by atoms with Crippen molar-refractivity contribution in [1.29, 1.82) is 0 Å². The van der Waals surface area contributed by atoms with Crippen LogP contribution in [0.3, 0.4) is 0 Å². The monoisotopic (exact) mass is 486 g/mol. The van der Waals surface area contributed by atoms with Crippen LogP contribution in [0, 0.1) is 13.8 Å². The Morgan fingerprint density at radius 1 is 0.484 bits per heavy atom. The molecule has 6 aromatic carbocycles. The van der Waals surface area contributed by atoms with Crippen LogP contribution < -0.4 is 9.41 Å². The van der Waals surface area contributed by atoms with E-state index in [0.29, 0.717) is 0 Å². The summed E-state index contributed by atoms with van der Waals surface area (Å²) in [6, 6.07) is 34.9. The van der Waals surface area contributed by atoms with Gasteiger partial charge in [0.2, 0.25) is 0 Å². The average Bonchev–Trinajstić information content (AvgIpc) is 3.30. The molecule has 0 N–H and O–H groups in total. The van der Waals surface area contributed by atoms with Crippen molar-refractivity contribution in [3.8, 4) is 0 Å². The van der Waals surface area contributed by atoms with E-state index in [-0.39, 0.29) is 35.6 Å². The fourth-order valence-corrected chi connectivity index (χ4v) is 4.23. The summed E-state index contributed by atoms with van der Waals surface area (Å²) in [7, 11) is 0. The Morgan fingerprint density at radius 2 is 0.871 bits per heavy atom. The van der Waals surface area contributed by atoms with Gasteiger partial charge in [-0.1, -0.05) is 85.3 Å². The number of fused-ring (bicyclic) bond motifs is 6. The van der Waals surface area contributed by atoms with Gasteiger partial charge in [-0.25, -0.2) is 0 Å². The average molecular weight is 488 g/mol. The van der Waals surface area contributed by atoms with Gasteiger partial charge in [-0.2, -0.15) is 12.1 Å². The summed E-state index contributed by atoms with van der Waals surface area (Å²) < 4.78 is 0. The van der Waals surface area contributed by atoms with E-state index in [0.717, 1.165) is 0 Å². The molecule has 0 aliphatic rings. The van der Waals surface area contributed by atoms with Crippen LogP contribution in [-0.2, 0) is 26.2 Å². The number of rotatable bonds is 0. The molecule has 6 rings (SSSR count). The minimum Gasteiger partial charge on any atom is -1.00 e. The molecule has 0 aromatic heterocycles. The minimum absolute atomic E-state index is 0. The molecule has 0 aliphatic heterocycles. The molecule has 0 aliphatic carbocycles. The molecule has 6 aromatic rings. The van der Waals surface area contributed by atoms with E-state index in [1.165, 1.54) is 54.2 Å². The van der Waals surface area contributed by atoms with Gasteiger partial charge in [-0.05, 0) is 10.8 Å². The maximum atomic E-state index is 2.26. The van der Waals surface area contributed by atoms with E-state index in [2.05, 4.69) is 111 Å². The molecular weight excluding hydrogens is 466 g/mol. The van der Waals surface area contributed by atoms with Gasteiger partial charge in [0, 0.05) is 0 Å². The van der Waals surface area contributed by atoms with Crippen molar-refractivity contribution in [2.45, 2.75) is 13.8 Å². The number of benzene rings is 4. The molecule has 0 saturated carbocycles. The standard InChI is InChI=1S/2C14H11.2FH.Zr/c2*1-10-8-12-7-6-11-4-2-3-5-13(11)14(12)9-10;;;/h2*2-9H,1H3;2*1H;/q2*-1;;;+4/p-2. The van der Waals surface area contributed by atoms with Crippen LogP contribution in [-0.4, -0.2) is 0 Å². The summed E-state index contributed by atoms with van der Waals surface area (Å²) in [6.45, 7) is 4.30. The Balaban J connectivity index is 0.000000201. The molecule has 0 heterocycles. The third kappa shape index (κ3) is 4.67. The summed E-state index contributed by atoms with van der Waals surface area (Å²) in [4.78, 5) is 0. The first-order chi connectivity index (χ1) is 13.7. The number of hydrogen-bond donors (Lipinski definition) is 0. The van der Waals surface area contributed by atoms with Crippen LogP contribution in [0.5, 0.6) is 0 Å². The number of hydrogen-bond acceptors (Lipinski definition) is 0. The predicted octanol–water partition coefficient (Wildman–Crippen LogP) is 2.05. The summed E-state index contributed by atoms with van der Waals surface area (Å²) in [5, 5.41) is 10.8. The molecule has 152 valence electrons. The molecule has 0 amide bonds. The number of halogens is 2. The van der Waals surface area contributed by atoms with Gasteiger partial charge in [-0.3, -0.25) is 0 Å². The summed E-state index contributed by atoms with van der Waals surface area (Å²) in [5.74, 6) is 0. The van der Waals surface area contributed by atoms with Crippen molar-refractivity contribution >= 4 is 43.1 Å². The largest absolute Gasteiger partial charge is 4.00 e. The van der Waals surface area contributed by atoms with Crippen LogP contribution >= 0.6 is 0 Å². The van der Waals surface area contributed by atoms with E-state index in [4.69, 9.17) is 0 Å². The molecule has 3 heteroatoms. The van der Waals surface area contributed by atoms with Gasteiger partial charge >= 0.3 is 26.2 Å². The molecule has 0 spiro atoms. The Labute approximate surface area is 200 Å². The zero-order valence-electron chi connectivity index (χ0n) is 17.5. The van der Waals surface area contributed by atoms with E-state index >= 15 is 0 Å². The Kier molecular flexibility index (Phi) is 8.04. The first kappa shape index (κ1) is 24.6. The molecule has 0 unspecified atom stereocenters. The van der Waals surface area contributed by atoms with Crippen LogP contribution in [0.15, 0.2) is 97.1 Å². The van der Waals surface area contributed by atoms with Crippen molar-refractivity contribution in [3.63, 3.8) is 0 Å². The third-order valence-electron chi connectivity index (χ3n) is 5.52. The Morgan fingerprint density at radius 3 is 1.29 bits per heavy atom. The molecule has 0 saturated heterocycles. The van der Waals surface area contributed by atoms with Crippen molar-refractivity contribution < 1.29 is 35.6 Å². The van der Waals surface area contributed by atoms with Crippen LogP contribution in [0.4, 0.5) is 0 Å². The van der Waals surface area contributed by atoms with Gasteiger partial charge in [0.25, 0.3) is 0 Å². The second-order valence-electron chi connectivity index (χ2n) is 7.64. The van der Waals surface area contributed by atoms with Crippen LogP contribution in [0.1, 0.15) is 11.1 Å². The first-order valence-corrected chi connectivity index (χ1v) is 9.79. The maximum absolute atomic E-state index is 2.26. The minimum atomic E-state index is 0. The van der Waals surface area contributed by atoms with Crippen molar-refractivity contribution in [2.75, 3.05) is 0 Å². The van der Waals surface area contributed by atoms with Crippen molar-refractivity contribution in [1.82, 2.24) is 0 Å². The Hall–Kier alpha value is -2.64. The second-order valence-corrected chi connectivity index (χ2v) is 7.64. The molecule has 0 atom stereocenters. The SMILES string of the molecule is Cc1cc2c(ccc3ccccc32)[cH-]1.Cc1cc2c(ccc3ccccc32)[cH-]1.[F-].[F-].[Zr+4]. The summed E-state index contributed by atoms with van der Waals surface area (Å²) in [5.41, 5.74) is 2.69. The molecule has 31 heavy (non-hydrogen) atoms. The Bertz CT molecular complexity index is 1330. The van der Waals surface area contributed by atoms with Gasteiger partial charge in [0.15, 0.2) is 0 Å². The normalized spacial score (nSPS) is 10.1. The molecule has 0 nitrogen and oxygen atoms in total. The maximum Gasteiger partial charge on any atom is 4.00 e. The van der Waals surface area contributed by atoms with E-state index in [9.17, 15) is 0 Å². The van der Waals surface area contributed by atoms with Gasteiger partial charge in [0.05, 0.1) is 0 Å². The summed E-state index contributed by atoms with van der Waals surface area (Å²) >= 11 is 0. The van der Waals surface area contributed by atoms with Gasteiger partial charge < -0.3 is 9.41 Å². The van der Waals surface area contributed by atoms with Crippen LogP contribution in [0.2, 0.25) is 0 Å². The van der Waals surface area contributed by atoms with Crippen molar-refractivity contribution in [2.24, 2.45) is 0 Å².